The molecule has 31 heavy (non-hydrogen) atoms. The molecule has 0 heterocycles. The SMILES string of the molecule is CCCc1c(OC(C)(C)C)cc(C=CC(=O)c2ccc(OC)cc2)cc1OC(C)(C)C. The van der Waals surface area contributed by atoms with Gasteiger partial charge in [-0.3, -0.25) is 4.79 Å². The second-order valence-electron chi connectivity index (χ2n) is 9.60. The topological polar surface area (TPSA) is 44.8 Å². The Morgan fingerprint density at radius 1 is 0.903 bits per heavy atom. The number of allylic oxidation sites excluding steroid dienone is 1. The van der Waals surface area contributed by atoms with E-state index >= 15 is 0 Å². The lowest BCUT2D eigenvalue weighted by molar-refractivity contribution is 0.104. The molecule has 4 heteroatoms. The monoisotopic (exact) mass is 424 g/mol. The first kappa shape index (κ1) is 24.5. The van der Waals surface area contributed by atoms with Gasteiger partial charge in [-0.25, -0.2) is 0 Å². The van der Waals surface area contributed by atoms with E-state index in [2.05, 4.69) is 6.92 Å². The summed E-state index contributed by atoms with van der Waals surface area (Å²) in [7, 11) is 1.60. The van der Waals surface area contributed by atoms with Crippen molar-refractivity contribution in [3.63, 3.8) is 0 Å². The first-order valence-electron chi connectivity index (χ1n) is 10.8. The second kappa shape index (κ2) is 10.0. The zero-order valence-corrected chi connectivity index (χ0v) is 20.2. The van der Waals surface area contributed by atoms with Crippen LogP contribution < -0.4 is 14.2 Å². The molecule has 0 fully saturated rings. The molecule has 2 rings (SSSR count). The Hall–Kier alpha value is -2.75. The van der Waals surface area contributed by atoms with E-state index < -0.39 is 0 Å². The number of hydrogen-bond acceptors (Lipinski definition) is 4. The van der Waals surface area contributed by atoms with E-state index in [9.17, 15) is 4.79 Å². The molecule has 0 aromatic heterocycles. The molecular formula is C27H36O4. The van der Waals surface area contributed by atoms with Gasteiger partial charge in [0.1, 0.15) is 28.5 Å². The van der Waals surface area contributed by atoms with Crippen molar-refractivity contribution in [2.75, 3.05) is 7.11 Å². The Bertz CT molecular complexity index is 873. The van der Waals surface area contributed by atoms with Gasteiger partial charge in [0, 0.05) is 11.1 Å². The molecule has 0 saturated heterocycles. The van der Waals surface area contributed by atoms with Crippen molar-refractivity contribution in [3.05, 3.63) is 59.2 Å². The van der Waals surface area contributed by atoms with Gasteiger partial charge in [0.15, 0.2) is 5.78 Å². The molecule has 168 valence electrons. The normalized spacial score (nSPS) is 12.1. The van der Waals surface area contributed by atoms with Crippen LogP contribution in [-0.4, -0.2) is 24.1 Å². The summed E-state index contributed by atoms with van der Waals surface area (Å²) in [4.78, 5) is 12.6. The summed E-state index contributed by atoms with van der Waals surface area (Å²) < 4.78 is 17.7. The summed E-state index contributed by atoms with van der Waals surface area (Å²) in [5.74, 6) is 2.25. The summed E-state index contributed by atoms with van der Waals surface area (Å²) in [5, 5.41) is 0. The van der Waals surface area contributed by atoms with Gasteiger partial charge < -0.3 is 14.2 Å². The van der Waals surface area contributed by atoms with Crippen LogP contribution in [-0.2, 0) is 6.42 Å². The van der Waals surface area contributed by atoms with Crippen LogP contribution in [0.4, 0.5) is 0 Å². The number of hydrogen-bond donors (Lipinski definition) is 0. The minimum Gasteiger partial charge on any atom is -0.497 e. The molecule has 0 unspecified atom stereocenters. The van der Waals surface area contributed by atoms with Crippen molar-refractivity contribution < 1.29 is 19.0 Å². The Kier molecular flexibility index (Phi) is 7.94. The average Bonchev–Trinajstić information content (AvgIpc) is 2.66. The molecule has 0 spiro atoms. The summed E-state index contributed by atoms with van der Waals surface area (Å²) in [6, 6.07) is 11.1. The van der Waals surface area contributed by atoms with Gasteiger partial charge in [0.2, 0.25) is 0 Å². The van der Waals surface area contributed by atoms with Crippen LogP contribution in [0.5, 0.6) is 17.2 Å². The third-order valence-corrected chi connectivity index (χ3v) is 4.32. The summed E-state index contributed by atoms with van der Waals surface area (Å²) in [6.07, 6.45) is 5.23. The molecule has 0 saturated carbocycles. The standard InChI is InChI=1S/C27H36O4/c1-9-10-22-24(30-26(2,3)4)17-19(18-25(22)31-27(5,6)7)11-16-23(28)20-12-14-21(29-8)15-13-20/h11-18H,9-10H2,1-8H3. The van der Waals surface area contributed by atoms with Crippen LogP contribution in [0.15, 0.2) is 42.5 Å². The molecule has 2 aromatic rings. The number of rotatable bonds is 8. The van der Waals surface area contributed by atoms with Gasteiger partial charge in [-0.05, 0) is 96.0 Å². The third-order valence-electron chi connectivity index (χ3n) is 4.32. The minimum atomic E-state index is -0.344. The molecule has 0 aliphatic carbocycles. The fourth-order valence-corrected chi connectivity index (χ4v) is 3.10. The second-order valence-corrected chi connectivity index (χ2v) is 9.60. The first-order chi connectivity index (χ1) is 14.4. The highest BCUT2D eigenvalue weighted by molar-refractivity contribution is 6.06. The zero-order valence-electron chi connectivity index (χ0n) is 20.2. The van der Waals surface area contributed by atoms with E-state index in [4.69, 9.17) is 14.2 Å². The lowest BCUT2D eigenvalue weighted by Crippen LogP contribution is -2.26. The van der Waals surface area contributed by atoms with Gasteiger partial charge in [0.25, 0.3) is 0 Å². The first-order valence-corrected chi connectivity index (χ1v) is 10.8. The number of methoxy groups -OCH3 is 1. The quantitative estimate of drug-likeness (QED) is 0.341. The molecule has 0 aliphatic rings. The van der Waals surface area contributed by atoms with Gasteiger partial charge in [0.05, 0.1) is 7.11 Å². The molecule has 0 amide bonds. The number of carbonyl (C=O) groups excluding carboxylic acids is 1. The van der Waals surface area contributed by atoms with E-state index in [-0.39, 0.29) is 17.0 Å². The van der Waals surface area contributed by atoms with Crippen molar-refractivity contribution in [3.8, 4) is 17.2 Å². The highest BCUT2D eigenvalue weighted by Gasteiger charge is 2.21. The van der Waals surface area contributed by atoms with Crippen LogP contribution in [0.1, 0.15) is 76.4 Å². The predicted molar refractivity (Wildman–Crippen MR) is 128 cm³/mol. The Labute approximate surface area is 187 Å². The van der Waals surface area contributed by atoms with Crippen molar-refractivity contribution in [2.24, 2.45) is 0 Å². The van der Waals surface area contributed by atoms with Crippen molar-refractivity contribution in [1.29, 1.82) is 0 Å². The van der Waals surface area contributed by atoms with E-state index in [0.717, 1.165) is 41.2 Å². The lowest BCUT2D eigenvalue weighted by atomic mass is 10.0. The molecule has 0 radical (unpaired) electrons. The van der Waals surface area contributed by atoms with Gasteiger partial charge in [-0.1, -0.05) is 19.4 Å². The van der Waals surface area contributed by atoms with E-state index in [1.807, 2.05) is 59.8 Å². The Morgan fingerprint density at radius 2 is 1.42 bits per heavy atom. The minimum absolute atomic E-state index is 0.0723. The maximum atomic E-state index is 12.6. The van der Waals surface area contributed by atoms with E-state index in [1.165, 1.54) is 0 Å². The molecular weight excluding hydrogens is 388 g/mol. The average molecular weight is 425 g/mol. The molecule has 2 aromatic carbocycles. The third kappa shape index (κ3) is 7.78. The number of ether oxygens (including phenoxy) is 3. The van der Waals surface area contributed by atoms with Crippen LogP contribution in [0.3, 0.4) is 0 Å². The van der Waals surface area contributed by atoms with Crippen LogP contribution in [0.2, 0.25) is 0 Å². The van der Waals surface area contributed by atoms with Crippen molar-refractivity contribution >= 4 is 11.9 Å². The van der Waals surface area contributed by atoms with Crippen LogP contribution in [0, 0.1) is 0 Å². The smallest absolute Gasteiger partial charge is 0.185 e. The molecule has 0 bridgehead atoms. The summed E-state index contributed by atoms with van der Waals surface area (Å²) in [5.41, 5.74) is 1.84. The molecule has 0 atom stereocenters. The van der Waals surface area contributed by atoms with Crippen LogP contribution in [0.25, 0.3) is 6.08 Å². The maximum Gasteiger partial charge on any atom is 0.185 e. The maximum absolute atomic E-state index is 12.6. The Balaban J connectivity index is 2.44. The van der Waals surface area contributed by atoms with E-state index in [0.29, 0.717) is 5.56 Å². The fourth-order valence-electron chi connectivity index (χ4n) is 3.10. The zero-order chi connectivity index (χ0) is 23.2. The van der Waals surface area contributed by atoms with E-state index in [1.54, 1.807) is 37.5 Å². The molecule has 0 N–H and O–H groups in total. The van der Waals surface area contributed by atoms with Gasteiger partial charge >= 0.3 is 0 Å². The highest BCUT2D eigenvalue weighted by atomic mass is 16.5. The van der Waals surface area contributed by atoms with Crippen LogP contribution >= 0.6 is 0 Å². The van der Waals surface area contributed by atoms with Crippen molar-refractivity contribution in [2.45, 2.75) is 72.5 Å². The number of ketones is 1. The number of carbonyl (C=O) groups is 1. The Morgan fingerprint density at radius 3 is 1.84 bits per heavy atom. The predicted octanol–water partition coefficient (Wildman–Crippen LogP) is 6.90. The number of benzene rings is 2. The highest BCUT2D eigenvalue weighted by Crippen LogP contribution is 2.36. The van der Waals surface area contributed by atoms with Gasteiger partial charge in [-0.2, -0.15) is 0 Å². The van der Waals surface area contributed by atoms with Gasteiger partial charge in [-0.15, -0.1) is 0 Å². The summed E-state index contributed by atoms with van der Waals surface area (Å²) >= 11 is 0. The molecule has 0 aliphatic heterocycles. The lowest BCUT2D eigenvalue weighted by Gasteiger charge is -2.28. The largest absolute Gasteiger partial charge is 0.497 e. The molecule has 4 nitrogen and oxygen atoms in total. The summed E-state index contributed by atoms with van der Waals surface area (Å²) in [6.45, 7) is 14.3. The fraction of sp³-hybridized carbons (Fsp3) is 0.444. The van der Waals surface area contributed by atoms with Crippen molar-refractivity contribution in [1.82, 2.24) is 0 Å².